The van der Waals surface area contributed by atoms with Crippen LogP contribution >= 0.6 is 9.24 Å². The van der Waals surface area contributed by atoms with Crippen molar-refractivity contribution in [2.24, 2.45) is 0 Å². The average molecular weight is 344 g/mol. The molecule has 0 aromatic heterocycles. The van der Waals surface area contributed by atoms with E-state index in [1.54, 1.807) is 0 Å². The molecule has 0 nitrogen and oxygen atoms in total. The van der Waals surface area contributed by atoms with Gasteiger partial charge in [-0.15, -0.1) is 9.24 Å². The summed E-state index contributed by atoms with van der Waals surface area (Å²) in [5.74, 6) is 0.778. The van der Waals surface area contributed by atoms with Crippen LogP contribution in [-0.2, 0) is 0 Å². The van der Waals surface area contributed by atoms with E-state index in [9.17, 15) is 0 Å². The molecule has 0 heterocycles. The van der Waals surface area contributed by atoms with Gasteiger partial charge in [-0.05, 0) is 57.9 Å². The summed E-state index contributed by atoms with van der Waals surface area (Å²) < 4.78 is 0. The Morgan fingerprint density at radius 3 is 2.00 bits per heavy atom. The first-order chi connectivity index (χ1) is 12.3. The third-order valence-electron chi connectivity index (χ3n) is 5.46. The largest absolute Gasteiger partial charge is 0.105 e. The minimum atomic E-state index is 0.778. The van der Waals surface area contributed by atoms with Gasteiger partial charge < -0.3 is 0 Å². The zero-order chi connectivity index (χ0) is 17.1. The van der Waals surface area contributed by atoms with Gasteiger partial charge in [0.05, 0.1) is 0 Å². The van der Waals surface area contributed by atoms with Crippen LogP contribution in [0.2, 0.25) is 0 Å². The Morgan fingerprint density at radius 1 is 0.640 bits per heavy atom. The van der Waals surface area contributed by atoms with Gasteiger partial charge >= 0.3 is 0 Å². The maximum absolute atomic E-state index is 2.90. The second-order valence-corrected chi connectivity index (χ2v) is 7.75. The summed E-state index contributed by atoms with van der Waals surface area (Å²) in [4.78, 5) is 0. The molecule has 126 valence electrons. The van der Waals surface area contributed by atoms with Gasteiger partial charge in [0, 0.05) is 0 Å². The predicted molar refractivity (Wildman–Crippen MR) is 112 cm³/mol. The predicted octanol–water partition coefficient (Wildman–Crippen LogP) is 6.57. The Labute approximate surface area is 153 Å². The van der Waals surface area contributed by atoms with Crippen LogP contribution in [0.3, 0.4) is 0 Å². The molecule has 3 aromatic rings. The van der Waals surface area contributed by atoms with Gasteiger partial charge in [-0.25, -0.2) is 0 Å². The second-order valence-electron chi connectivity index (χ2n) is 7.12. The molecule has 1 aliphatic rings. The molecule has 1 atom stereocenters. The van der Waals surface area contributed by atoms with Crippen LogP contribution in [-0.4, -0.2) is 0 Å². The van der Waals surface area contributed by atoms with Crippen LogP contribution < -0.4 is 5.30 Å². The lowest BCUT2D eigenvalue weighted by Gasteiger charge is -2.22. The molecule has 0 radical (unpaired) electrons. The average Bonchev–Trinajstić information content (AvgIpc) is 2.69. The van der Waals surface area contributed by atoms with Crippen LogP contribution in [0, 0.1) is 0 Å². The molecule has 1 fully saturated rings. The standard InChI is InChI=1S/C24H25P/c25-24-17-22(15-16-23(24)21-9-5-2-6-10-21)20-13-11-19(12-14-20)18-7-3-1-4-8-18/h2,5-6,9-18H,1,3-4,7-8,25H2. The summed E-state index contributed by atoms with van der Waals surface area (Å²) in [6, 6.07) is 26.6. The van der Waals surface area contributed by atoms with E-state index in [0.717, 1.165) is 5.92 Å². The highest BCUT2D eigenvalue weighted by atomic mass is 31.0. The first-order valence-electron chi connectivity index (χ1n) is 9.36. The summed E-state index contributed by atoms with van der Waals surface area (Å²) in [6.45, 7) is 0. The number of hydrogen-bond donors (Lipinski definition) is 0. The van der Waals surface area contributed by atoms with Gasteiger partial charge in [-0.3, -0.25) is 0 Å². The van der Waals surface area contributed by atoms with Crippen molar-refractivity contribution < 1.29 is 0 Å². The monoisotopic (exact) mass is 344 g/mol. The molecular weight excluding hydrogens is 319 g/mol. The molecule has 0 spiro atoms. The molecule has 0 saturated heterocycles. The normalized spacial score (nSPS) is 15.2. The van der Waals surface area contributed by atoms with E-state index < -0.39 is 0 Å². The van der Waals surface area contributed by atoms with Gasteiger partial charge in [0.1, 0.15) is 0 Å². The van der Waals surface area contributed by atoms with Gasteiger partial charge in [-0.1, -0.05) is 86.0 Å². The van der Waals surface area contributed by atoms with E-state index in [2.05, 4.69) is 82.0 Å². The zero-order valence-corrected chi connectivity index (χ0v) is 15.8. The van der Waals surface area contributed by atoms with Crippen LogP contribution in [0.15, 0.2) is 72.8 Å². The minimum absolute atomic E-state index is 0.778. The van der Waals surface area contributed by atoms with Gasteiger partial charge in [0.2, 0.25) is 0 Å². The molecule has 3 aromatic carbocycles. The SMILES string of the molecule is Pc1cc(-c2ccc(C3CCCCC3)cc2)ccc1-c1ccccc1. The van der Waals surface area contributed by atoms with Crippen molar-refractivity contribution in [2.75, 3.05) is 0 Å². The molecule has 1 unspecified atom stereocenters. The summed E-state index contributed by atoms with van der Waals surface area (Å²) >= 11 is 0. The van der Waals surface area contributed by atoms with E-state index in [-0.39, 0.29) is 0 Å². The molecule has 0 N–H and O–H groups in total. The maximum Gasteiger partial charge on any atom is -0.0112 e. The lowest BCUT2D eigenvalue weighted by molar-refractivity contribution is 0.443. The number of rotatable bonds is 3. The van der Waals surface area contributed by atoms with E-state index in [1.807, 2.05) is 0 Å². The molecule has 1 aliphatic carbocycles. The number of hydrogen-bond acceptors (Lipinski definition) is 0. The third kappa shape index (κ3) is 3.70. The smallest absolute Gasteiger partial charge is 0.0112 e. The van der Waals surface area contributed by atoms with Gasteiger partial charge in [0.15, 0.2) is 0 Å². The summed E-state index contributed by atoms with van der Waals surface area (Å²) in [7, 11) is 2.90. The molecule has 1 saturated carbocycles. The van der Waals surface area contributed by atoms with E-state index in [4.69, 9.17) is 0 Å². The minimum Gasteiger partial charge on any atom is -0.105 e. The van der Waals surface area contributed by atoms with Crippen molar-refractivity contribution >= 4 is 14.5 Å². The Balaban J connectivity index is 1.58. The Bertz CT molecular complexity index is 828. The molecule has 0 aliphatic heterocycles. The van der Waals surface area contributed by atoms with Crippen molar-refractivity contribution in [3.05, 3.63) is 78.4 Å². The fourth-order valence-corrected chi connectivity index (χ4v) is 4.45. The quantitative estimate of drug-likeness (QED) is 0.471. The van der Waals surface area contributed by atoms with Gasteiger partial charge in [-0.2, -0.15) is 0 Å². The Morgan fingerprint density at radius 2 is 1.32 bits per heavy atom. The van der Waals surface area contributed by atoms with Crippen molar-refractivity contribution in [2.45, 2.75) is 38.0 Å². The second kappa shape index (κ2) is 7.54. The van der Waals surface area contributed by atoms with Gasteiger partial charge in [0.25, 0.3) is 0 Å². The molecule has 0 amide bonds. The van der Waals surface area contributed by atoms with Crippen molar-refractivity contribution in [3.8, 4) is 22.3 Å². The first-order valence-corrected chi connectivity index (χ1v) is 9.94. The van der Waals surface area contributed by atoms with Crippen molar-refractivity contribution in [1.82, 2.24) is 0 Å². The molecule has 4 rings (SSSR count). The third-order valence-corrected chi connectivity index (χ3v) is 5.93. The summed E-state index contributed by atoms with van der Waals surface area (Å²) in [5, 5.41) is 1.25. The fraction of sp³-hybridized carbons (Fsp3) is 0.250. The summed E-state index contributed by atoms with van der Waals surface area (Å²) in [5.41, 5.74) is 6.68. The van der Waals surface area contributed by atoms with Crippen LogP contribution in [0.4, 0.5) is 0 Å². The van der Waals surface area contributed by atoms with Crippen molar-refractivity contribution in [3.63, 3.8) is 0 Å². The van der Waals surface area contributed by atoms with Crippen molar-refractivity contribution in [1.29, 1.82) is 0 Å². The topological polar surface area (TPSA) is 0 Å². The van der Waals surface area contributed by atoms with E-state index in [0.29, 0.717) is 0 Å². The lowest BCUT2D eigenvalue weighted by Crippen LogP contribution is -2.04. The van der Waals surface area contributed by atoms with Crippen LogP contribution in [0.25, 0.3) is 22.3 Å². The lowest BCUT2D eigenvalue weighted by atomic mass is 9.83. The molecule has 0 bridgehead atoms. The molecule has 1 heteroatoms. The molecular formula is C24H25P. The van der Waals surface area contributed by atoms with Crippen LogP contribution in [0.1, 0.15) is 43.6 Å². The maximum atomic E-state index is 2.90. The highest BCUT2D eigenvalue weighted by Crippen LogP contribution is 2.33. The highest BCUT2D eigenvalue weighted by Gasteiger charge is 2.15. The first kappa shape index (κ1) is 16.6. The van der Waals surface area contributed by atoms with Crippen LogP contribution in [0.5, 0.6) is 0 Å². The fourth-order valence-electron chi connectivity index (χ4n) is 4.01. The van der Waals surface area contributed by atoms with E-state index in [1.165, 1.54) is 65.2 Å². The zero-order valence-electron chi connectivity index (χ0n) is 14.6. The summed E-state index contributed by atoms with van der Waals surface area (Å²) in [6.07, 6.45) is 6.93. The Kier molecular flexibility index (Phi) is 4.99. The Hall–Kier alpha value is -1.91. The number of benzene rings is 3. The molecule has 25 heavy (non-hydrogen) atoms. The highest BCUT2D eigenvalue weighted by molar-refractivity contribution is 7.28. The van der Waals surface area contributed by atoms with E-state index >= 15 is 0 Å².